The van der Waals surface area contributed by atoms with E-state index < -0.39 is 29.8 Å². The third-order valence-corrected chi connectivity index (χ3v) is 23.5. The van der Waals surface area contributed by atoms with E-state index in [4.69, 9.17) is 18.9 Å². The Labute approximate surface area is 711 Å². The van der Waals surface area contributed by atoms with Crippen LogP contribution in [0.25, 0.3) is 0 Å². The molecule has 0 fully saturated rings. The molecule has 5 unspecified atom stereocenters. The minimum atomic E-state index is -1.14. The van der Waals surface area contributed by atoms with E-state index in [1.54, 1.807) is 42.5 Å². The van der Waals surface area contributed by atoms with Gasteiger partial charge in [-0.2, -0.15) is 0 Å². The standard InChI is InChI=1S/C100H178N6O10/c1-9-15-21-27-33-41-51-67-87(69-53-43-37-39-49-63-81-115-99(111)91-75-59-61-77-93(91)103-105-95(85(7)107)97(109)101-79-65-83-113-89(71-55-45-31-25-19-13-5)73-57-47-35-29-23-17-11-3)88(68-52-42-34-28-22-16-10-2)70-54-44-38-40-50-64-82-116-100(112)92-76-60-62-78-94(92)104-106-96(86(8)108)98(110)102-80-66-84-114-90(72-56-46-32-26-20-14-6)74-58-48-36-30-24-18-12-4/h59-62,75-78,87-90,95,103,105,108H,9-58,63-74,79-84H2,1-8H3,(H,101,109)(H,102,110)/b96-86+,106-104?. The molecule has 0 heterocycles. The van der Waals surface area contributed by atoms with E-state index in [-0.39, 0.29) is 40.7 Å². The Hall–Kier alpha value is -5.19. The normalized spacial score (nSPS) is 13.2. The van der Waals surface area contributed by atoms with Crippen LogP contribution in [0, 0.1) is 11.8 Å². The zero-order chi connectivity index (χ0) is 84.0. The zero-order valence-corrected chi connectivity index (χ0v) is 76.1. The lowest BCUT2D eigenvalue weighted by Crippen LogP contribution is -2.51. The predicted octanol–water partition coefficient (Wildman–Crippen LogP) is 29.0. The molecule has 0 aromatic heterocycles. The number of esters is 2. The smallest absolute Gasteiger partial charge is 0.340 e. The summed E-state index contributed by atoms with van der Waals surface area (Å²) >= 11 is 0. The number of unbranched alkanes of at least 4 members (excludes halogenated alkanes) is 44. The molecule has 16 nitrogen and oxygen atoms in total. The minimum absolute atomic E-state index is 0.198. The third-order valence-electron chi connectivity index (χ3n) is 23.5. The van der Waals surface area contributed by atoms with Crippen LogP contribution in [0.3, 0.4) is 0 Å². The molecular weight excluding hydrogens is 1450 g/mol. The van der Waals surface area contributed by atoms with Crippen LogP contribution < -0.4 is 21.5 Å². The highest BCUT2D eigenvalue weighted by Crippen LogP contribution is 2.35. The summed E-state index contributed by atoms with van der Waals surface area (Å²) in [7, 11) is 0. The predicted molar refractivity (Wildman–Crippen MR) is 487 cm³/mol. The van der Waals surface area contributed by atoms with Crippen LogP contribution in [-0.2, 0) is 33.3 Å². The Morgan fingerprint density at radius 3 is 1.03 bits per heavy atom. The van der Waals surface area contributed by atoms with E-state index in [9.17, 15) is 29.1 Å². The van der Waals surface area contributed by atoms with Crippen molar-refractivity contribution >= 4 is 40.9 Å². The van der Waals surface area contributed by atoms with Gasteiger partial charge >= 0.3 is 11.9 Å². The number of hydrogen-bond acceptors (Lipinski definition) is 14. The first-order chi connectivity index (χ1) is 56.8. The summed E-state index contributed by atoms with van der Waals surface area (Å²) < 4.78 is 24.4. The van der Waals surface area contributed by atoms with Gasteiger partial charge in [0.05, 0.1) is 42.2 Å². The molecule has 0 bridgehead atoms. The monoisotopic (exact) mass is 1620 g/mol. The average molecular weight is 1620 g/mol. The number of hydrazine groups is 1. The molecular formula is C100H178N6O10. The van der Waals surface area contributed by atoms with E-state index >= 15 is 0 Å². The van der Waals surface area contributed by atoms with Gasteiger partial charge in [-0.25, -0.2) is 15.0 Å². The highest BCUT2D eigenvalue weighted by molar-refractivity contribution is 6.04. The van der Waals surface area contributed by atoms with Crippen molar-refractivity contribution in [3.8, 4) is 0 Å². The molecule has 0 radical (unpaired) electrons. The lowest BCUT2D eigenvalue weighted by Gasteiger charge is -2.28. The average Bonchev–Trinajstić information content (AvgIpc) is 0.857. The number of nitrogens with one attached hydrogen (secondary N) is 4. The molecule has 2 aromatic rings. The lowest BCUT2D eigenvalue weighted by molar-refractivity contribution is -0.130. The number of aliphatic hydroxyl groups is 1. The van der Waals surface area contributed by atoms with Gasteiger partial charge in [0.1, 0.15) is 11.4 Å². The third kappa shape index (κ3) is 58.7. The maximum Gasteiger partial charge on any atom is 0.340 e. The summed E-state index contributed by atoms with van der Waals surface area (Å²) in [5.41, 5.74) is 7.02. The fraction of sp³-hybridized carbons (Fsp3) is 0.810. The van der Waals surface area contributed by atoms with Crippen LogP contribution in [0.4, 0.5) is 11.4 Å². The van der Waals surface area contributed by atoms with Crippen LogP contribution >= 0.6 is 0 Å². The van der Waals surface area contributed by atoms with E-state index in [2.05, 4.69) is 73.3 Å². The Morgan fingerprint density at radius 2 is 0.664 bits per heavy atom. The molecule has 0 aliphatic heterocycles. The molecule has 668 valence electrons. The first-order valence-corrected chi connectivity index (χ1v) is 49.0. The van der Waals surface area contributed by atoms with Crippen molar-refractivity contribution in [3.63, 3.8) is 0 Å². The lowest BCUT2D eigenvalue weighted by atomic mass is 9.78. The number of rotatable bonds is 85. The second-order valence-corrected chi connectivity index (χ2v) is 34.1. The second kappa shape index (κ2) is 78.4. The molecule has 116 heavy (non-hydrogen) atoms. The van der Waals surface area contributed by atoms with Crippen LogP contribution in [0.15, 0.2) is 70.2 Å². The summed E-state index contributed by atoms with van der Waals surface area (Å²) in [6, 6.07) is 12.8. The number of carbonyl (C=O) groups is 5. The summed E-state index contributed by atoms with van der Waals surface area (Å²) in [4.78, 5) is 66.5. The molecule has 0 aliphatic carbocycles. The molecule has 0 spiro atoms. The Balaban J connectivity index is 1.90. The van der Waals surface area contributed by atoms with Gasteiger partial charge in [0.2, 0.25) is 5.91 Å². The second-order valence-electron chi connectivity index (χ2n) is 34.1. The largest absolute Gasteiger partial charge is 0.510 e. The summed E-state index contributed by atoms with van der Waals surface area (Å²) in [5, 5.41) is 24.8. The number of carbonyl (C=O) groups excluding carboxylic acids is 5. The van der Waals surface area contributed by atoms with Gasteiger partial charge in [-0.15, -0.1) is 10.2 Å². The number of hydrogen-bond donors (Lipinski definition) is 5. The number of ether oxygens (including phenoxy) is 4. The molecule has 0 saturated heterocycles. The number of azo groups is 1. The van der Waals surface area contributed by atoms with Crippen molar-refractivity contribution in [2.75, 3.05) is 44.9 Å². The molecule has 2 rings (SSSR count). The van der Waals surface area contributed by atoms with Crippen molar-refractivity contribution < 1.29 is 48.0 Å². The van der Waals surface area contributed by atoms with Crippen molar-refractivity contribution in [1.29, 1.82) is 0 Å². The van der Waals surface area contributed by atoms with E-state index in [1.165, 1.54) is 335 Å². The van der Waals surface area contributed by atoms with Crippen LogP contribution in [-0.4, -0.2) is 92.4 Å². The van der Waals surface area contributed by atoms with E-state index in [0.29, 0.717) is 63.6 Å². The Bertz CT molecular complexity index is 2720. The first kappa shape index (κ1) is 107. The van der Waals surface area contributed by atoms with Gasteiger partial charge in [-0.1, -0.05) is 413 Å². The summed E-state index contributed by atoms with van der Waals surface area (Å²) in [6.45, 7) is 19.0. The number of anilines is 1. The quantitative estimate of drug-likeness (QED) is 0.00795. The summed E-state index contributed by atoms with van der Waals surface area (Å²) in [5.74, 6) is -0.935. The van der Waals surface area contributed by atoms with Crippen molar-refractivity contribution in [2.24, 2.45) is 22.1 Å². The SMILES string of the molecule is CCCCCCCCCC(CCCCCCCC)OCCCNC(=O)/C(N=Nc1ccccc1C(=O)OCCCCCCCCC(CCCCCCCCC)C(CCCCCCCCC)CCCCCCCCOC(=O)c1ccccc1NNC(C(C)=O)C(=O)NCCCOC(CCCCCCCC)CCCCCCCCC)=C(/C)O. The number of allylic oxidation sites excluding steroid dienone is 1. The van der Waals surface area contributed by atoms with Crippen molar-refractivity contribution in [1.82, 2.24) is 16.1 Å². The van der Waals surface area contributed by atoms with Crippen LogP contribution in [0.1, 0.15) is 474 Å². The van der Waals surface area contributed by atoms with Gasteiger partial charge in [0, 0.05) is 26.3 Å². The molecule has 0 saturated carbocycles. The maximum atomic E-state index is 13.5. The highest BCUT2D eigenvalue weighted by atomic mass is 16.5. The number of aliphatic hydroxyl groups excluding tert-OH is 1. The fourth-order valence-electron chi connectivity index (χ4n) is 16.1. The highest BCUT2D eigenvalue weighted by Gasteiger charge is 2.25. The number of nitrogens with zero attached hydrogens (tertiary/aromatic N) is 2. The molecule has 5 N–H and O–H groups in total. The van der Waals surface area contributed by atoms with Crippen LogP contribution in [0.5, 0.6) is 0 Å². The van der Waals surface area contributed by atoms with Crippen LogP contribution in [0.2, 0.25) is 0 Å². The van der Waals surface area contributed by atoms with Gasteiger partial charge in [0.25, 0.3) is 5.91 Å². The molecule has 5 atom stereocenters. The number of para-hydroxylation sites is 1. The van der Waals surface area contributed by atoms with Gasteiger partial charge < -0.3 is 40.1 Å². The number of Topliss-reactive ketones (excluding diaryl/α,β-unsaturated/α-hetero) is 1. The van der Waals surface area contributed by atoms with Gasteiger partial charge in [-0.05, 0) is 101 Å². The zero-order valence-electron chi connectivity index (χ0n) is 76.1. The van der Waals surface area contributed by atoms with E-state index in [1.807, 2.05) is 6.07 Å². The molecule has 0 aliphatic rings. The first-order valence-electron chi connectivity index (χ1n) is 49.0. The minimum Gasteiger partial charge on any atom is -0.510 e. The Kier molecular flexibility index (Phi) is 72.2. The van der Waals surface area contributed by atoms with E-state index in [0.717, 1.165) is 76.0 Å². The summed E-state index contributed by atoms with van der Waals surface area (Å²) in [6.07, 6.45) is 76.4. The molecule has 16 heteroatoms. The Morgan fingerprint density at radius 1 is 0.353 bits per heavy atom. The maximum absolute atomic E-state index is 13.5. The van der Waals surface area contributed by atoms with Gasteiger partial charge in [-0.3, -0.25) is 14.4 Å². The van der Waals surface area contributed by atoms with Gasteiger partial charge in [0.15, 0.2) is 17.5 Å². The topological polar surface area (TPSA) is 215 Å². The number of ketones is 1. The molecule has 2 amide bonds. The number of amides is 2. The number of benzene rings is 2. The van der Waals surface area contributed by atoms with Crippen molar-refractivity contribution in [3.05, 3.63) is 71.1 Å². The molecule has 2 aromatic carbocycles. The fourth-order valence-corrected chi connectivity index (χ4v) is 16.1. The van der Waals surface area contributed by atoms with Crippen molar-refractivity contribution in [2.45, 2.75) is 472 Å².